The second-order valence-electron chi connectivity index (χ2n) is 0.947. The van der Waals surface area contributed by atoms with Gasteiger partial charge in [-0.1, -0.05) is 40.1 Å². The Balaban J connectivity index is -0.000000114. The van der Waals surface area contributed by atoms with Crippen LogP contribution in [0.15, 0.2) is 24.5 Å². The first-order valence-electron chi connectivity index (χ1n) is 3.76. The van der Waals surface area contributed by atoms with Crippen molar-refractivity contribution in [1.82, 2.24) is 4.98 Å². The van der Waals surface area contributed by atoms with E-state index < -0.39 is 0 Å². The fourth-order valence-corrected chi connectivity index (χ4v) is 0.277. The molecule has 0 amide bonds. The maximum absolute atomic E-state index is 3.75. The zero-order valence-corrected chi connectivity index (χ0v) is 11.4. The van der Waals surface area contributed by atoms with E-state index in [1.54, 1.807) is 24.5 Å². The number of hydrogen-bond donors (Lipinski definition) is 0. The Labute approximate surface area is 113 Å². The van der Waals surface area contributed by atoms with Crippen molar-refractivity contribution >= 4 is 0 Å². The van der Waals surface area contributed by atoms with Gasteiger partial charge in [0.15, 0.2) is 0 Å². The first-order chi connectivity index (χ1) is 5.00. The van der Waals surface area contributed by atoms with Gasteiger partial charge < -0.3 is 4.98 Å². The molecule has 58 valence electrons. The van der Waals surface area contributed by atoms with Crippen molar-refractivity contribution in [2.24, 2.45) is 0 Å². The minimum atomic E-state index is 0. The molecule has 0 atom stereocenters. The third kappa shape index (κ3) is 18.1. The Morgan fingerprint density at radius 3 is 1.36 bits per heavy atom. The molecule has 0 aliphatic rings. The van der Waals surface area contributed by atoms with Crippen LogP contribution in [-0.2, 0) is 0 Å². The van der Waals surface area contributed by atoms with Crippen molar-refractivity contribution in [2.45, 2.75) is 27.7 Å². The molecule has 0 unspecified atom stereocenters. The topological polar surface area (TPSA) is 12.9 Å². The van der Waals surface area contributed by atoms with Gasteiger partial charge in [0.2, 0.25) is 0 Å². The van der Waals surface area contributed by atoms with Crippen LogP contribution in [0.5, 0.6) is 0 Å². The predicted octanol–water partition coefficient (Wildman–Crippen LogP) is -0.0618. The average Bonchev–Trinajstić information content (AvgIpc) is 2.14. The third-order valence-corrected chi connectivity index (χ3v) is 0.514. The summed E-state index contributed by atoms with van der Waals surface area (Å²) in [5.41, 5.74) is 0. The molecule has 2 heteroatoms. The zero-order chi connectivity index (χ0) is 8.24. The number of hydrogen-bond acceptors (Lipinski definition) is 1. The van der Waals surface area contributed by atoms with Crippen LogP contribution in [0.3, 0.4) is 0 Å². The molecule has 0 N–H and O–H groups in total. The van der Waals surface area contributed by atoms with Crippen molar-refractivity contribution in [2.75, 3.05) is 0 Å². The van der Waals surface area contributed by atoms with Gasteiger partial charge in [-0.25, -0.2) is 0 Å². The average molecular weight is 177 g/mol. The summed E-state index contributed by atoms with van der Waals surface area (Å²) in [7, 11) is 0. The largest absolute Gasteiger partial charge is 1.00 e. The van der Waals surface area contributed by atoms with Crippen molar-refractivity contribution < 1.29 is 51.4 Å². The van der Waals surface area contributed by atoms with Crippen LogP contribution >= 0.6 is 0 Å². The molecule has 0 aliphatic carbocycles. The van der Waals surface area contributed by atoms with Gasteiger partial charge in [-0.2, -0.15) is 18.2 Å². The number of aromatic nitrogens is 1. The molecule has 0 saturated heterocycles. The Morgan fingerprint density at radius 2 is 1.27 bits per heavy atom. The SMILES string of the molecule is CC.CC.[K+].[c-]1ccncc1. The maximum Gasteiger partial charge on any atom is 1.00 e. The van der Waals surface area contributed by atoms with Crippen LogP contribution in [0.25, 0.3) is 0 Å². The van der Waals surface area contributed by atoms with Gasteiger partial charge in [-0.05, 0) is 0 Å². The van der Waals surface area contributed by atoms with E-state index in [1.165, 1.54) is 0 Å². The second kappa shape index (κ2) is 22.4. The van der Waals surface area contributed by atoms with Crippen LogP contribution in [0.2, 0.25) is 0 Å². The van der Waals surface area contributed by atoms with Crippen LogP contribution < -0.4 is 51.4 Å². The molecule has 0 aliphatic heterocycles. The Hall–Kier alpha value is 0.786. The van der Waals surface area contributed by atoms with Gasteiger partial charge in [0, 0.05) is 0 Å². The quantitative estimate of drug-likeness (QED) is 0.400. The molecule has 1 nitrogen and oxygen atoms in total. The Bertz CT molecular complexity index is 81.5. The first kappa shape index (κ1) is 17.8. The molecule has 0 spiro atoms. The van der Waals surface area contributed by atoms with Crippen molar-refractivity contribution in [3.63, 3.8) is 0 Å². The number of rotatable bonds is 0. The molecular formula is C9H16KN. The summed E-state index contributed by atoms with van der Waals surface area (Å²) in [6.45, 7) is 8.00. The Morgan fingerprint density at radius 1 is 0.909 bits per heavy atom. The maximum atomic E-state index is 3.75. The van der Waals surface area contributed by atoms with E-state index in [4.69, 9.17) is 0 Å². The molecule has 1 rings (SSSR count). The van der Waals surface area contributed by atoms with Crippen LogP contribution in [0, 0.1) is 6.07 Å². The molecule has 1 heterocycles. The minimum absolute atomic E-state index is 0. The summed E-state index contributed by atoms with van der Waals surface area (Å²) >= 11 is 0. The number of pyridine rings is 1. The summed E-state index contributed by atoms with van der Waals surface area (Å²) in [4.78, 5) is 3.75. The first-order valence-corrected chi connectivity index (χ1v) is 3.76. The van der Waals surface area contributed by atoms with Gasteiger partial charge in [-0.15, -0.1) is 0 Å². The van der Waals surface area contributed by atoms with E-state index in [2.05, 4.69) is 11.1 Å². The van der Waals surface area contributed by atoms with E-state index in [1.807, 2.05) is 27.7 Å². The molecule has 1 aromatic heterocycles. The normalized spacial score (nSPS) is 5.45. The summed E-state index contributed by atoms with van der Waals surface area (Å²) in [6.07, 6.45) is 3.39. The van der Waals surface area contributed by atoms with Crippen molar-refractivity contribution in [1.29, 1.82) is 0 Å². The van der Waals surface area contributed by atoms with E-state index in [0.717, 1.165) is 0 Å². The fraction of sp³-hybridized carbons (Fsp3) is 0.444. The second-order valence-corrected chi connectivity index (χ2v) is 0.947. The van der Waals surface area contributed by atoms with Gasteiger partial charge in [-0.3, -0.25) is 0 Å². The zero-order valence-electron chi connectivity index (χ0n) is 8.26. The molecule has 0 saturated carbocycles. The van der Waals surface area contributed by atoms with Crippen LogP contribution in [0.1, 0.15) is 27.7 Å². The minimum Gasteiger partial charge on any atom is -0.391 e. The van der Waals surface area contributed by atoms with Gasteiger partial charge in [0.1, 0.15) is 0 Å². The molecular weight excluding hydrogens is 161 g/mol. The standard InChI is InChI=1S/C5H4N.2C2H6.K/c1-2-4-6-5-3-1;2*1-2;/h2-5H;2*1-2H3;/q-1;;;+1. The number of nitrogens with zero attached hydrogens (tertiary/aromatic N) is 1. The molecule has 11 heavy (non-hydrogen) atoms. The van der Waals surface area contributed by atoms with E-state index in [0.29, 0.717) is 0 Å². The molecule has 0 fully saturated rings. The molecule has 0 radical (unpaired) electrons. The predicted molar refractivity (Wildman–Crippen MR) is 45.8 cm³/mol. The van der Waals surface area contributed by atoms with Gasteiger partial charge >= 0.3 is 51.4 Å². The fourth-order valence-electron chi connectivity index (χ4n) is 0.277. The summed E-state index contributed by atoms with van der Waals surface area (Å²) in [5, 5.41) is 0. The summed E-state index contributed by atoms with van der Waals surface area (Å²) in [5.74, 6) is 0. The van der Waals surface area contributed by atoms with Gasteiger partial charge in [0.05, 0.1) is 0 Å². The van der Waals surface area contributed by atoms with E-state index >= 15 is 0 Å². The van der Waals surface area contributed by atoms with Crippen molar-refractivity contribution in [3.8, 4) is 0 Å². The summed E-state index contributed by atoms with van der Waals surface area (Å²) in [6, 6.07) is 6.36. The summed E-state index contributed by atoms with van der Waals surface area (Å²) < 4.78 is 0. The Kier molecular flexibility index (Phi) is 36.2. The van der Waals surface area contributed by atoms with E-state index in [-0.39, 0.29) is 51.4 Å². The molecule has 0 bridgehead atoms. The smallest absolute Gasteiger partial charge is 0.391 e. The van der Waals surface area contributed by atoms with Gasteiger partial charge in [0.25, 0.3) is 0 Å². The monoisotopic (exact) mass is 177 g/mol. The molecule has 1 aromatic rings. The molecule has 0 aromatic carbocycles. The van der Waals surface area contributed by atoms with Crippen LogP contribution in [-0.4, -0.2) is 4.98 Å². The van der Waals surface area contributed by atoms with Crippen molar-refractivity contribution in [3.05, 3.63) is 30.6 Å². The van der Waals surface area contributed by atoms with Crippen LogP contribution in [0.4, 0.5) is 0 Å². The van der Waals surface area contributed by atoms with E-state index in [9.17, 15) is 0 Å². The third-order valence-electron chi connectivity index (χ3n) is 0.514.